The number of pyridine rings is 1. The molecule has 0 aliphatic carbocycles. The minimum atomic E-state index is -0.210. The van der Waals surface area contributed by atoms with Crippen LogP contribution >= 0.6 is 23.1 Å². The molecule has 0 radical (unpaired) electrons. The van der Waals surface area contributed by atoms with Crippen molar-refractivity contribution in [3.05, 3.63) is 52.0 Å². The van der Waals surface area contributed by atoms with Gasteiger partial charge in [0.05, 0.1) is 11.3 Å². The molecule has 0 spiro atoms. The number of carbonyl (C=O) groups excluding carboxylic acids is 1. The summed E-state index contributed by atoms with van der Waals surface area (Å²) in [7, 11) is 0. The van der Waals surface area contributed by atoms with Gasteiger partial charge in [-0.2, -0.15) is 0 Å². The van der Waals surface area contributed by atoms with Crippen LogP contribution in [0.15, 0.2) is 34.1 Å². The summed E-state index contributed by atoms with van der Waals surface area (Å²) in [6, 6.07) is 3.51. The highest BCUT2D eigenvalue weighted by Crippen LogP contribution is 2.28. The average Bonchev–Trinajstić information content (AvgIpc) is 3.11. The number of aromatic nitrogens is 3. The van der Waals surface area contributed by atoms with Crippen LogP contribution in [-0.2, 0) is 5.75 Å². The van der Waals surface area contributed by atoms with E-state index in [9.17, 15) is 4.79 Å². The van der Waals surface area contributed by atoms with Crippen molar-refractivity contribution in [2.45, 2.75) is 31.6 Å². The Morgan fingerprint density at radius 2 is 2.17 bits per heavy atom. The summed E-state index contributed by atoms with van der Waals surface area (Å²) >= 11 is 2.93. The molecule has 124 valence electrons. The number of thioether (sulfide) groups is 1. The lowest BCUT2D eigenvalue weighted by molar-refractivity contribution is 0.102. The Balaban J connectivity index is 1.76. The molecular weight excluding hydrogens is 344 g/mol. The van der Waals surface area contributed by atoms with Crippen molar-refractivity contribution in [2.24, 2.45) is 0 Å². The van der Waals surface area contributed by atoms with Gasteiger partial charge in [-0.15, -0.1) is 23.1 Å². The fourth-order valence-corrected chi connectivity index (χ4v) is 3.91. The Hall–Kier alpha value is -2.19. The second-order valence-electron chi connectivity index (χ2n) is 5.18. The van der Waals surface area contributed by atoms with E-state index < -0.39 is 0 Å². The van der Waals surface area contributed by atoms with Crippen LogP contribution in [0, 0.1) is 20.8 Å². The van der Waals surface area contributed by atoms with Gasteiger partial charge in [0.1, 0.15) is 10.8 Å². The number of nitrogens with zero attached hydrogens (tertiary/aromatic N) is 3. The molecule has 0 saturated heterocycles. The molecule has 3 rings (SSSR count). The Morgan fingerprint density at radius 3 is 2.83 bits per heavy atom. The monoisotopic (exact) mass is 360 g/mol. The summed E-state index contributed by atoms with van der Waals surface area (Å²) in [6.45, 7) is 5.73. The highest BCUT2D eigenvalue weighted by Gasteiger charge is 2.16. The second kappa shape index (κ2) is 7.14. The molecule has 6 nitrogen and oxygen atoms in total. The van der Waals surface area contributed by atoms with Gasteiger partial charge in [0.15, 0.2) is 5.13 Å². The second-order valence-corrected chi connectivity index (χ2v) is 7.38. The first-order valence-electron chi connectivity index (χ1n) is 7.28. The first-order valence-corrected chi connectivity index (χ1v) is 9.08. The van der Waals surface area contributed by atoms with Crippen molar-refractivity contribution in [2.75, 3.05) is 5.32 Å². The van der Waals surface area contributed by atoms with E-state index in [2.05, 4.69) is 20.4 Å². The lowest BCUT2D eigenvalue weighted by Gasteiger charge is -2.07. The predicted octanol–water partition coefficient (Wildman–Crippen LogP) is 4.00. The Kier molecular flexibility index (Phi) is 4.96. The van der Waals surface area contributed by atoms with Crippen LogP contribution < -0.4 is 5.32 Å². The van der Waals surface area contributed by atoms with Gasteiger partial charge in [-0.1, -0.05) is 5.16 Å². The lowest BCUT2D eigenvalue weighted by atomic mass is 10.2. The number of rotatable bonds is 5. The van der Waals surface area contributed by atoms with Gasteiger partial charge in [0.2, 0.25) is 0 Å². The van der Waals surface area contributed by atoms with Gasteiger partial charge in [0.25, 0.3) is 5.91 Å². The van der Waals surface area contributed by atoms with Gasteiger partial charge in [-0.25, -0.2) is 9.97 Å². The van der Waals surface area contributed by atoms with Gasteiger partial charge >= 0.3 is 0 Å². The van der Waals surface area contributed by atoms with Crippen molar-refractivity contribution in [1.82, 2.24) is 15.1 Å². The summed E-state index contributed by atoms with van der Waals surface area (Å²) in [5, 5.41) is 8.02. The molecule has 0 aromatic carbocycles. The van der Waals surface area contributed by atoms with E-state index in [1.54, 1.807) is 24.5 Å². The van der Waals surface area contributed by atoms with E-state index in [1.165, 1.54) is 23.1 Å². The summed E-state index contributed by atoms with van der Waals surface area (Å²) < 4.78 is 5.17. The van der Waals surface area contributed by atoms with Crippen molar-refractivity contribution < 1.29 is 9.32 Å². The van der Waals surface area contributed by atoms with Gasteiger partial charge in [-0.05, 0) is 32.9 Å². The summed E-state index contributed by atoms with van der Waals surface area (Å²) in [4.78, 5) is 22.1. The standard InChI is InChI=1S/C16H16N4O2S2/c1-9-7-18-16(24-9)19-14(21)12-5-4-6-17-15(12)23-8-13-10(2)20-22-11(13)3/h4-7H,8H2,1-3H3,(H,18,19,21). The molecule has 1 amide bonds. The quantitative estimate of drug-likeness (QED) is 0.693. The number of hydrogen-bond donors (Lipinski definition) is 1. The SMILES string of the molecule is Cc1cnc(NC(=O)c2cccnc2SCc2c(C)noc2C)s1. The van der Waals surface area contributed by atoms with Crippen LogP contribution in [-0.4, -0.2) is 21.0 Å². The summed E-state index contributed by atoms with van der Waals surface area (Å²) in [5.41, 5.74) is 2.43. The number of hydrogen-bond acceptors (Lipinski definition) is 7. The molecule has 8 heteroatoms. The normalized spacial score (nSPS) is 10.8. The van der Waals surface area contributed by atoms with Crippen LogP contribution in [0.5, 0.6) is 0 Å². The predicted molar refractivity (Wildman–Crippen MR) is 94.6 cm³/mol. The van der Waals surface area contributed by atoms with Gasteiger partial charge in [-0.3, -0.25) is 10.1 Å². The van der Waals surface area contributed by atoms with Crippen LogP contribution in [0.3, 0.4) is 0 Å². The fourth-order valence-electron chi connectivity index (χ4n) is 2.10. The lowest BCUT2D eigenvalue weighted by Crippen LogP contribution is -2.13. The zero-order valence-corrected chi connectivity index (χ0v) is 15.1. The third-order valence-electron chi connectivity index (χ3n) is 3.39. The number of carbonyl (C=O) groups is 1. The molecule has 0 bridgehead atoms. The van der Waals surface area contributed by atoms with E-state index in [0.29, 0.717) is 21.5 Å². The zero-order chi connectivity index (χ0) is 17.1. The van der Waals surface area contributed by atoms with Crippen LogP contribution in [0.4, 0.5) is 5.13 Å². The van der Waals surface area contributed by atoms with Crippen molar-refractivity contribution >= 4 is 34.1 Å². The first kappa shape index (κ1) is 16.7. The fraction of sp³-hybridized carbons (Fsp3) is 0.250. The molecule has 0 aliphatic rings. The third kappa shape index (κ3) is 3.65. The maximum absolute atomic E-state index is 12.5. The molecule has 24 heavy (non-hydrogen) atoms. The Bertz CT molecular complexity index is 853. The Labute approximate surface area is 147 Å². The van der Waals surface area contributed by atoms with Gasteiger partial charge in [0, 0.05) is 28.6 Å². The largest absolute Gasteiger partial charge is 0.361 e. The Morgan fingerprint density at radius 1 is 1.33 bits per heavy atom. The number of amides is 1. The van der Waals surface area contributed by atoms with Crippen molar-refractivity contribution in [1.29, 1.82) is 0 Å². The number of thiazole rings is 1. The smallest absolute Gasteiger partial charge is 0.260 e. The van der Waals surface area contributed by atoms with Crippen LogP contribution in [0.1, 0.15) is 32.3 Å². The van der Waals surface area contributed by atoms with Crippen LogP contribution in [0.2, 0.25) is 0 Å². The molecule has 0 atom stereocenters. The van der Waals surface area contributed by atoms with Gasteiger partial charge < -0.3 is 4.52 Å². The molecule has 0 aliphatic heterocycles. The summed E-state index contributed by atoms with van der Waals surface area (Å²) in [5.74, 6) is 1.23. The van der Waals surface area contributed by atoms with E-state index in [0.717, 1.165) is 21.9 Å². The van der Waals surface area contributed by atoms with Crippen LogP contribution in [0.25, 0.3) is 0 Å². The minimum Gasteiger partial charge on any atom is -0.361 e. The topological polar surface area (TPSA) is 80.9 Å². The molecule has 3 aromatic rings. The number of nitrogens with one attached hydrogen (secondary N) is 1. The minimum absolute atomic E-state index is 0.210. The molecule has 3 aromatic heterocycles. The molecular formula is C16H16N4O2S2. The highest BCUT2D eigenvalue weighted by molar-refractivity contribution is 7.98. The average molecular weight is 360 g/mol. The zero-order valence-electron chi connectivity index (χ0n) is 13.5. The van der Waals surface area contributed by atoms with Crippen molar-refractivity contribution in [3.63, 3.8) is 0 Å². The molecule has 0 unspecified atom stereocenters. The maximum atomic E-state index is 12.5. The van der Waals surface area contributed by atoms with Crippen molar-refractivity contribution in [3.8, 4) is 0 Å². The van der Waals surface area contributed by atoms with E-state index >= 15 is 0 Å². The molecule has 3 heterocycles. The summed E-state index contributed by atoms with van der Waals surface area (Å²) in [6.07, 6.45) is 3.41. The first-order chi connectivity index (χ1) is 11.5. The molecule has 0 fully saturated rings. The highest BCUT2D eigenvalue weighted by atomic mass is 32.2. The maximum Gasteiger partial charge on any atom is 0.260 e. The molecule has 1 N–H and O–H groups in total. The van der Waals surface area contributed by atoms with E-state index in [1.807, 2.05) is 20.8 Å². The van der Waals surface area contributed by atoms with E-state index in [4.69, 9.17) is 4.52 Å². The third-order valence-corrected chi connectivity index (χ3v) is 5.25. The number of anilines is 1. The number of aryl methyl sites for hydroxylation is 3. The van der Waals surface area contributed by atoms with E-state index in [-0.39, 0.29) is 5.91 Å². The molecule has 0 saturated carbocycles.